The summed E-state index contributed by atoms with van der Waals surface area (Å²) in [5, 5.41) is 0. The van der Waals surface area contributed by atoms with Gasteiger partial charge in [0.05, 0.1) is 0 Å². The molecule has 0 radical (unpaired) electrons. The number of rotatable bonds is 5. The molecule has 0 aliphatic heterocycles. The maximum absolute atomic E-state index is 11.8. The largest absolute Gasteiger partial charge is 0.373 e. The Morgan fingerprint density at radius 2 is 1.94 bits per heavy atom. The van der Waals surface area contributed by atoms with Crippen molar-refractivity contribution in [3.05, 3.63) is 34.3 Å². The molecule has 94 valence electrons. The van der Waals surface area contributed by atoms with Crippen LogP contribution in [0.1, 0.15) is 37.6 Å². The second-order valence-electron chi connectivity index (χ2n) is 5.27. The molecule has 1 aromatic rings. The lowest BCUT2D eigenvalue weighted by molar-refractivity contribution is 0.0704. The molecule has 0 fully saturated rings. The van der Waals surface area contributed by atoms with Crippen molar-refractivity contribution < 1.29 is 9.53 Å². The molecular weight excluding hydrogens is 280 g/mol. The molecule has 0 N–H and O–H groups in total. The number of hydrogen-bond acceptors (Lipinski definition) is 2. The van der Waals surface area contributed by atoms with Crippen LogP contribution in [0.3, 0.4) is 0 Å². The van der Waals surface area contributed by atoms with E-state index >= 15 is 0 Å². The standard InChI is InChI=1S/C14H19BrO2/c1-14(2,3)8-9-17-10-13(16)11-6-4-5-7-12(11)15/h4-7H,8-10H2,1-3H3. The van der Waals surface area contributed by atoms with Crippen molar-refractivity contribution in [1.29, 1.82) is 0 Å². The zero-order chi connectivity index (χ0) is 12.9. The van der Waals surface area contributed by atoms with E-state index in [1.807, 2.05) is 18.2 Å². The maximum atomic E-state index is 11.8. The molecule has 1 rings (SSSR count). The Hall–Kier alpha value is -0.670. The van der Waals surface area contributed by atoms with E-state index < -0.39 is 0 Å². The van der Waals surface area contributed by atoms with Crippen LogP contribution in [0.2, 0.25) is 0 Å². The predicted octanol–water partition coefficient (Wildman–Crippen LogP) is 4.08. The highest BCUT2D eigenvalue weighted by atomic mass is 79.9. The van der Waals surface area contributed by atoms with Gasteiger partial charge in [-0.05, 0) is 17.9 Å². The van der Waals surface area contributed by atoms with Crippen LogP contribution >= 0.6 is 15.9 Å². The third-order valence-electron chi connectivity index (χ3n) is 2.40. The molecule has 0 atom stereocenters. The number of carbonyl (C=O) groups is 1. The van der Waals surface area contributed by atoms with E-state index in [1.54, 1.807) is 6.07 Å². The molecule has 0 aliphatic rings. The second kappa shape index (κ2) is 6.31. The fourth-order valence-electron chi connectivity index (χ4n) is 1.31. The number of ketones is 1. The van der Waals surface area contributed by atoms with Gasteiger partial charge in [0, 0.05) is 16.6 Å². The number of ether oxygens (including phenoxy) is 1. The zero-order valence-corrected chi connectivity index (χ0v) is 12.2. The molecule has 2 nitrogen and oxygen atoms in total. The minimum Gasteiger partial charge on any atom is -0.373 e. The van der Waals surface area contributed by atoms with Gasteiger partial charge in [-0.1, -0.05) is 54.9 Å². The van der Waals surface area contributed by atoms with Crippen molar-refractivity contribution in [2.75, 3.05) is 13.2 Å². The molecule has 3 heteroatoms. The molecule has 17 heavy (non-hydrogen) atoms. The van der Waals surface area contributed by atoms with Crippen LogP contribution in [0, 0.1) is 5.41 Å². The monoisotopic (exact) mass is 298 g/mol. The van der Waals surface area contributed by atoms with Gasteiger partial charge in [0.25, 0.3) is 0 Å². The molecule has 0 amide bonds. The fraction of sp³-hybridized carbons (Fsp3) is 0.500. The van der Waals surface area contributed by atoms with Gasteiger partial charge < -0.3 is 4.74 Å². The SMILES string of the molecule is CC(C)(C)CCOCC(=O)c1ccccc1Br. The van der Waals surface area contributed by atoms with Crippen molar-refractivity contribution in [2.45, 2.75) is 27.2 Å². The lowest BCUT2D eigenvalue weighted by Gasteiger charge is -2.17. The number of hydrogen-bond donors (Lipinski definition) is 0. The molecule has 0 spiro atoms. The highest BCUT2D eigenvalue weighted by molar-refractivity contribution is 9.10. The Morgan fingerprint density at radius 3 is 2.53 bits per heavy atom. The summed E-state index contributed by atoms with van der Waals surface area (Å²) in [6, 6.07) is 7.41. The second-order valence-corrected chi connectivity index (χ2v) is 6.12. The van der Waals surface area contributed by atoms with Gasteiger partial charge in [-0.2, -0.15) is 0 Å². The van der Waals surface area contributed by atoms with E-state index in [0.29, 0.717) is 12.2 Å². The summed E-state index contributed by atoms with van der Waals surface area (Å²) in [5.74, 6) is 0.0198. The summed E-state index contributed by atoms with van der Waals surface area (Å²) in [6.07, 6.45) is 0.955. The molecule has 0 saturated carbocycles. The molecule has 0 heterocycles. The first-order valence-electron chi connectivity index (χ1n) is 5.75. The van der Waals surface area contributed by atoms with Crippen molar-refractivity contribution in [2.24, 2.45) is 5.41 Å². The predicted molar refractivity (Wildman–Crippen MR) is 73.4 cm³/mol. The first kappa shape index (κ1) is 14.4. The summed E-state index contributed by atoms with van der Waals surface area (Å²) in [4.78, 5) is 11.8. The third kappa shape index (κ3) is 5.46. The van der Waals surface area contributed by atoms with Crippen LogP contribution in [-0.4, -0.2) is 19.0 Å². The maximum Gasteiger partial charge on any atom is 0.189 e. The first-order chi connectivity index (χ1) is 7.90. The van der Waals surface area contributed by atoms with Gasteiger partial charge in [-0.25, -0.2) is 0 Å². The summed E-state index contributed by atoms with van der Waals surface area (Å²) in [7, 11) is 0. The molecule has 0 saturated heterocycles. The van der Waals surface area contributed by atoms with Crippen LogP contribution in [0.25, 0.3) is 0 Å². The number of carbonyl (C=O) groups excluding carboxylic acids is 1. The van der Waals surface area contributed by atoms with Gasteiger partial charge >= 0.3 is 0 Å². The quantitative estimate of drug-likeness (QED) is 0.605. The minimum absolute atomic E-state index is 0.0198. The fourth-order valence-corrected chi connectivity index (χ4v) is 1.81. The Morgan fingerprint density at radius 1 is 1.29 bits per heavy atom. The van der Waals surface area contributed by atoms with Crippen molar-refractivity contribution in [3.63, 3.8) is 0 Å². The smallest absolute Gasteiger partial charge is 0.189 e. The van der Waals surface area contributed by atoms with Crippen LogP contribution in [0.5, 0.6) is 0 Å². The topological polar surface area (TPSA) is 26.3 Å². The van der Waals surface area contributed by atoms with Gasteiger partial charge in [-0.3, -0.25) is 4.79 Å². The first-order valence-corrected chi connectivity index (χ1v) is 6.55. The van der Waals surface area contributed by atoms with Gasteiger partial charge in [0.15, 0.2) is 5.78 Å². The van der Waals surface area contributed by atoms with E-state index in [2.05, 4.69) is 36.7 Å². The highest BCUT2D eigenvalue weighted by Crippen LogP contribution is 2.19. The molecule has 0 bridgehead atoms. The van der Waals surface area contributed by atoms with Gasteiger partial charge in [-0.15, -0.1) is 0 Å². The minimum atomic E-state index is 0.0198. The van der Waals surface area contributed by atoms with Crippen molar-refractivity contribution >= 4 is 21.7 Å². The number of halogens is 1. The lowest BCUT2D eigenvalue weighted by Crippen LogP contribution is -2.14. The Balaban J connectivity index is 2.39. The third-order valence-corrected chi connectivity index (χ3v) is 3.10. The van der Waals surface area contributed by atoms with E-state index in [1.165, 1.54) is 0 Å². The summed E-state index contributed by atoms with van der Waals surface area (Å²) in [5.41, 5.74) is 0.930. The van der Waals surface area contributed by atoms with E-state index in [-0.39, 0.29) is 17.8 Å². The number of Topliss-reactive ketones (excluding diaryl/α,β-unsaturated/α-hetero) is 1. The zero-order valence-electron chi connectivity index (χ0n) is 10.6. The van der Waals surface area contributed by atoms with E-state index in [9.17, 15) is 4.79 Å². The van der Waals surface area contributed by atoms with E-state index in [4.69, 9.17) is 4.74 Å². The average molecular weight is 299 g/mol. The van der Waals surface area contributed by atoms with Crippen LogP contribution in [0.15, 0.2) is 28.7 Å². The van der Waals surface area contributed by atoms with E-state index in [0.717, 1.165) is 10.9 Å². The molecule has 1 aromatic carbocycles. The molecular formula is C14H19BrO2. The Bertz CT molecular complexity index is 380. The highest BCUT2D eigenvalue weighted by Gasteiger charge is 2.12. The molecule has 0 unspecified atom stereocenters. The average Bonchev–Trinajstić information content (AvgIpc) is 2.23. The van der Waals surface area contributed by atoms with Crippen molar-refractivity contribution in [3.8, 4) is 0 Å². The Labute approximate surface area is 111 Å². The van der Waals surface area contributed by atoms with Gasteiger partial charge in [0.2, 0.25) is 0 Å². The summed E-state index contributed by atoms with van der Waals surface area (Å²) in [6.45, 7) is 7.25. The van der Waals surface area contributed by atoms with Crippen LogP contribution in [-0.2, 0) is 4.74 Å². The summed E-state index contributed by atoms with van der Waals surface area (Å²) < 4.78 is 6.23. The normalized spacial score (nSPS) is 11.5. The number of benzene rings is 1. The van der Waals surface area contributed by atoms with Crippen LogP contribution in [0.4, 0.5) is 0 Å². The lowest BCUT2D eigenvalue weighted by atomic mass is 9.93. The molecule has 0 aliphatic carbocycles. The van der Waals surface area contributed by atoms with Crippen molar-refractivity contribution in [1.82, 2.24) is 0 Å². The van der Waals surface area contributed by atoms with Crippen LogP contribution < -0.4 is 0 Å². The molecule has 0 aromatic heterocycles. The van der Waals surface area contributed by atoms with Gasteiger partial charge in [0.1, 0.15) is 6.61 Å². The summed E-state index contributed by atoms with van der Waals surface area (Å²) >= 11 is 3.36. The Kier molecular flexibility index (Phi) is 5.34.